The summed E-state index contributed by atoms with van der Waals surface area (Å²) >= 11 is 0. The molecule has 0 radical (unpaired) electrons. The van der Waals surface area contributed by atoms with E-state index in [0.29, 0.717) is 0 Å². The standard InChI is InChI=1S/C20H20O7/c21-17-11-27-20(25,16(17)10-18(22)23)12-26-19(24)15-8-6-14(7-9-15)13-4-2-1-3-5-13/h1-9,16-17,21,25H,10-12H2,(H,22,23)/t16-,17?,20?/m0/s1. The molecule has 0 amide bonds. The number of benzene rings is 2. The highest BCUT2D eigenvalue weighted by molar-refractivity contribution is 5.90. The third-order valence-corrected chi connectivity index (χ3v) is 4.58. The SMILES string of the molecule is O=C(O)C[C@H]1C(O)COC1(O)COC(=O)c1ccc(-c2ccccc2)cc1. The van der Waals surface area contributed by atoms with Crippen molar-refractivity contribution in [3.8, 4) is 11.1 Å². The molecular formula is C20H20O7. The highest BCUT2D eigenvalue weighted by Crippen LogP contribution is 2.33. The second-order valence-corrected chi connectivity index (χ2v) is 6.45. The van der Waals surface area contributed by atoms with E-state index in [2.05, 4.69) is 0 Å². The molecular weight excluding hydrogens is 352 g/mol. The predicted octanol–water partition coefficient (Wildman–Crippen LogP) is 1.68. The Kier molecular flexibility index (Phi) is 5.55. The molecule has 7 heteroatoms. The molecule has 3 N–H and O–H groups in total. The minimum Gasteiger partial charge on any atom is -0.481 e. The van der Waals surface area contributed by atoms with Crippen LogP contribution < -0.4 is 0 Å². The summed E-state index contributed by atoms with van der Waals surface area (Å²) < 4.78 is 10.2. The maximum absolute atomic E-state index is 12.2. The van der Waals surface area contributed by atoms with Gasteiger partial charge in [0, 0.05) is 0 Å². The molecule has 3 atom stereocenters. The van der Waals surface area contributed by atoms with E-state index in [0.717, 1.165) is 11.1 Å². The van der Waals surface area contributed by atoms with Gasteiger partial charge in [-0.05, 0) is 23.3 Å². The molecule has 0 aromatic heterocycles. The first-order valence-electron chi connectivity index (χ1n) is 8.48. The molecule has 27 heavy (non-hydrogen) atoms. The van der Waals surface area contributed by atoms with Crippen molar-refractivity contribution in [1.82, 2.24) is 0 Å². The average Bonchev–Trinajstić information content (AvgIpc) is 2.95. The maximum Gasteiger partial charge on any atom is 0.338 e. The van der Waals surface area contributed by atoms with E-state index < -0.39 is 42.8 Å². The van der Waals surface area contributed by atoms with Crippen molar-refractivity contribution in [2.75, 3.05) is 13.2 Å². The van der Waals surface area contributed by atoms with Gasteiger partial charge in [0.25, 0.3) is 0 Å². The van der Waals surface area contributed by atoms with Crippen LogP contribution in [0.2, 0.25) is 0 Å². The van der Waals surface area contributed by atoms with Crippen LogP contribution in [0.1, 0.15) is 16.8 Å². The average molecular weight is 372 g/mol. The number of hydrogen-bond donors (Lipinski definition) is 3. The molecule has 2 aromatic carbocycles. The lowest BCUT2D eigenvalue weighted by Crippen LogP contribution is -2.44. The zero-order chi connectivity index (χ0) is 19.4. The number of aliphatic hydroxyl groups excluding tert-OH is 1. The van der Waals surface area contributed by atoms with E-state index in [1.165, 1.54) is 0 Å². The van der Waals surface area contributed by atoms with Crippen LogP contribution in [0, 0.1) is 5.92 Å². The van der Waals surface area contributed by atoms with Crippen molar-refractivity contribution >= 4 is 11.9 Å². The maximum atomic E-state index is 12.2. The van der Waals surface area contributed by atoms with Crippen LogP contribution in [0.4, 0.5) is 0 Å². The molecule has 0 bridgehead atoms. The Morgan fingerprint density at radius 3 is 2.33 bits per heavy atom. The van der Waals surface area contributed by atoms with Crippen LogP contribution in [0.25, 0.3) is 11.1 Å². The molecule has 0 spiro atoms. The van der Waals surface area contributed by atoms with E-state index in [4.69, 9.17) is 14.6 Å². The highest BCUT2D eigenvalue weighted by atomic mass is 16.7. The van der Waals surface area contributed by atoms with Crippen LogP contribution in [0.5, 0.6) is 0 Å². The van der Waals surface area contributed by atoms with Crippen molar-refractivity contribution in [1.29, 1.82) is 0 Å². The van der Waals surface area contributed by atoms with Gasteiger partial charge in [-0.1, -0.05) is 42.5 Å². The lowest BCUT2D eigenvalue weighted by atomic mass is 9.92. The number of esters is 1. The molecule has 1 aliphatic heterocycles. The van der Waals surface area contributed by atoms with Crippen LogP contribution in [0.15, 0.2) is 54.6 Å². The summed E-state index contributed by atoms with van der Waals surface area (Å²) in [4.78, 5) is 23.1. The monoisotopic (exact) mass is 372 g/mol. The molecule has 3 rings (SSSR count). The fourth-order valence-corrected chi connectivity index (χ4v) is 3.07. The van der Waals surface area contributed by atoms with E-state index in [1.807, 2.05) is 30.3 Å². The number of carbonyl (C=O) groups is 2. The normalized spacial score (nSPS) is 24.5. The van der Waals surface area contributed by atoms with Gasteiger partial charge in [0.15, 0.2) is 0 Å². The third kappa shape index (κ3) is 4.33. The number of carboxylic acids is 1. The summed E-state index contributed by atoms with van der Waals surface area (Å²) in [6, 6.07) is 16.4. The van der Waals surface area contributed by atoms with Gasteiger partial charge in [-0.2, -0.15) is 0 Å². The molecule has 142 valence electrons. The zero-order valence-electron chi connectivity index (χ0n) is 14.4. The molecule has 1 aliphatic rings. The number of carbonyl (C=O) groups excluding carboxylic acids is 1. The number of carboxylic acid groups (broad SMARTS) is 1. The number of hydrogen-bond acceptors (Lipinski definition) is 6. The van der Waals surface area contributed by atoms with E-state index in [9.17, 15) is 19.8 Å². The van der Waals surface area contributed by atoms with E-state index >= 15 is 0 Å². The molecule has 1 heterocycles. The van der Waals surface area contributed by atoms with Gasteiger partial charge in [-0.3, -0.25) is 4.79 Å². The van der Waals surface area contributed by atoms with Crippen molar-refractivity contribution < 1.29 is 34.4 Å². The summed E-state index contributed by atoms with van der Waals surface area (Å²) in [6.07, 6.45) is -1.64. The van der Waals surface area contributed by atoms with Gasteiger partial charge in [-0.15, -0.1) is 0 Å². The van der Waals surface area contributed by atoms with Gasteiger partial charge < -0.3 is 24.8 Å². The summed E-state index contributed by atoms with van der Waals surface area (Å²) in [7, 11) is 0. The molecule has 2 unspecified atom stereocenters. The Balaban J connectivity index is 1.64. The van der Waals surface area contributed by atoms with Gasteiger partial charge in [0.1, 0.15) is 6.61 Å². The lowest BCUT2D eigenvalue weighted by Gasteiger charge is -2.27. The summed E-state index contributed by atoms with van der Waals surface area (Å²) in [6.45, 7) is -0.793. The van der Waals surface area contributed by atoms with Gasteiger partial charge >= 0.3 is 11.9 Å². The van der Waals surface area contributed by atoms with Crippen LogP contribution in [-0.2, 0) is 14.3 Å². The quantitative estimate of drug-likeness (QED) is 0.661. The van der Waals surface area contributed by atoms with E-state index in [1.54, 1.807) is 24.3 Å². The number of aliphatic hydroxyl groups is 2. The van der Waals surface area contributed by atoms with Gasteiger partial charge in [0.2, 0.25) is 5.79 Å². The number of aliphatic carboxylic acids is 1. The molecule has 1 saturated heterocycles. The van der Waals surface area contributed by atoms with Crippen molar-refractivity contribution in [3.63, 3.8) is 0 Å². The molecule has 7 nitrogen and oxygen atoms in total. The largest absolute Gasteiger partial charge is 0.481 e. The van der Waals surface area contributed by atoms with Gasteiger partial charge in [-0.25, -0.2) is 4.79 Å². The highest BCUT2D eigenvalue weighted by Gasteiger charge is 2.50. The fourth-order valence-electron chi connectivity index (χ4n) is 3.07. The number of ether oxygens (including phenoxy) is 2. The second kappa shape index (κ2) is 7.87. The summed E-state index contributed by atoms with van der Waals surface area (Å²) in [5.41, 5.74) is 2.23. The predicted molar refractivity (Wildman–Crippen MR) is 94.8 cm³/mol. The Bertz CT molecular complexity index is 803. The Morgan fingerprint density at radius 2 is 1.70 bits per heavy atom. The smallest absolute Gasteiger partial charge is 0.338 e. The van der Waals surface area contributed by atoms with Crippen LogP contribution in [-0.4, -0.2) is 52.4 Å². The second-order valence-electron chi connectivity index (χ2n) is 6.45. The molecule has 0 saturated carbocycles. The Hall–Kier alpha value is -2.74. The molecule has 0 aliphatic carbocycles. The minimum atomic E-state index is -2.03. The minimum absolute atomic E-state index is 0.224. The van der Waals surface area contributed by atoms with Gasteiger partial charge in [0.05, 0.1) is 30.6 Å². The Labute approximate surface area is 155 Å². The first-order chi connectivity index (χ1) is 12.9. The van der Waals surface area contributed by atoms with Crippen molar-refractivity contribution in [3.05, 3.63) is 60.2 Å². The molecule has 1 fully saturated rings. The van der Waals surface area contributed by atoms with E-state index in [-0.39, 0.29) is 12.2 Å². The first kappa shape index (κ1) is 19.0. The van der Waals surface area contributed by atoms with Crippen molar-refractivity contribution in [2.45, 2.75) is 18.3 Å². The third-order valence-electron chi connectivity index (χ3n) is 4.58. The first-order valence-corrected chi connectivity index (χ1v) is 8.48. The Morgan fingerprint density at radius 1 is 1.07 bits per heavy atom. The van der Waals surface area contributed by atoms with Crippen LogP contribution in [0.3, 0.4) is 0 Å². The number of rotatable bonds is 6. The topological polar surface area (TPSA) is 113 Å². The summed E-state index contributed by atoms with van der Waals surface area (Å²) in [5, 5.41) is 29.2. The molecule has 2 aromatic rings. The zero-order valence-corrected chi connectivity index (χ0v) is 14.4. The van der Waals surface area contributed by atoms with Crippen molar-refractivity contribution in [2.24, 2.45) is 5.92 Å². The lowest BCUT2D eigenvalue weighted by molar-refractivity contribution is -0.219. The van der Waals surface area contributed by atoms with Crippen LogP contribution >= 0.6 is 0 Å². The summed E-state index contributed by atoms with van der Waals surface area (Å²) in [5.74, 6) is -4.98. The fraction of sp³-hybridized carbons (Fsp3) is 0.300.